The number of anilines is 1. The summed E-state index contributed by atoms with van der Waals surface area (Å²) in [6, 6.07) is 7.52. The van der Waals surface area contributed by atoms with E-state index in [1.54, 1.807) is 0 Å². The molecule has 1 aromatic carbocycles. The maximum absolute atomic E-state index is 5.89. The van der Waals surface area contributed by atoms with Crippen LogP contribution in [0, 0.1) is 0 Å². The predicted octanol–water partition coefficient (Wildman–Crippen LogP) is 3.70. The molecular weight excluding hydrogens is 433 g/mol. The molecule has 0 fully saturated rings. The Morgan fingerprint density at radius 1 is 1.28 bits per heavy atom. The van der Waals surface area contributed by atoms with Crippen molar-refractivity contribution in [3.63, 3.8) is 0 Å². The molecule has 2 rings (SSSR count). The SMILES string of the molecule is CC(C)Oc1ccc(NC(N)=NCc2noc(C(C)(C)C)n2)cc1.I. The molecule has 3 N–H and O–H groups in total. The number of hydrogen-bond acceptors (Lipinski definition) is 5. The van der Waals surface area contributed by atoms with Crippen molar-refractivity contribution in [1.29, 1.82) is 0 Å². The molecule has 25 heavy (non-hydrogen) atoms. The highest BCUT2D eigenvalue weighted by Gasteiger charge is 2.21. The van der Waals surface area contributed by atoms with Crippen molar-refractivity contribution in [3.05, 3.63) is 36.0 Å². The smallest absolute Gasteiger partial charge is 0.232 e. The van der Waals surface area contributed by atoms with Gasteiger partial charge in [-0.15, -0.1) is 24.0 Å². The van der Waals surface area contributed by atoms with Crippen LogP contribution in [0.1, 0.15) is 46.3 Å². The second-order valence-corrected chi connectivity index (χ2v) is 6.78. The lowest BCUT2D eigenvalue weighted by atomic mass is 9.97. The van der Waals surface area contributed by atoms with E-state index in [4.69, 9.17) is 15.0 Å². The summed E-state index contributed by atoms with van der Waals surface area (Å²) in [5.41, 5.74) is 6.53. The van der Waals surface area contributed by atoms with Gasteiger partial charge in [0.1, 0.15) is 12.3 Å². The number of benzene rings is 1. The molecule has 0 aliphatic rings. The van der Waals surface area contributed by atoms with Gasteiger partial charge in [-0.1, -0.05) is 25.9 Å². The fraction of sp³-hybridized carbons (Fsp3) is 0.471. The Hall–Kier alpha value is -1.84. The molecule has 0 amide bonds. The Labute approximate surface area is 165 Å². The van der Waals surface area contributed by atoms with Crippen molar-refractivity contribution in [2.24, 2.45) is 10.7 Å². The van der Waals surface area contributed by atoms with Crippen LogP contribution in [-0.2, 0) is 12.0 Å². The summed E-state index contributed by atoms with van der Waals surface area (Å²) in [6.45, 7) is 10.3. The topological polar surface area (TPSA) is 98.6 Å². The molecule has 0 unspecified atom stereocenters. The van der Waals surface area contributed by atoms with E-state index >= 15 is 0 Å². The van der Waals surface area contributed by atoms with E-state index in [1.807, 2.05) is 58.9 Å². The summed E-state index contributed by atoms with van der Waals surface area (Å²) in [7, 11) is 0. The van der Waals surface area contributed by atoms with Crippen LogP contribution in [0.4, 0.5) is 5.69 Å². The molecule has 138 valence electrons. The van der Waals surface area contributed by atoms with Gasteiger partial charge in [0.25, 0.3) is 0 Å². The first-order valence-electron chi connectivity index (χ1n) is 7.91. The minimum absolute atomic E-state index is 0. The molecule has 8 heteroatoms. The van der Waals surface area contributed by atoms with Gasteiger partial charge in [-0.25, -0.2) is 4.99 Å². The number of nitrogens with two attached hydrogens (primary N) is 1. The largest absolute Gasteiger partial charge is 0.491 e. The Morgan fingerprint density at radius 3 is 2.44 bits per heavy atom. The van der Waals surface area contributed by atoms with E-state index in [-0.39, 0.29) is 48.0 Å². The van der Waals surface area contributed by atoms with Crippen molar-refractivity contribution in [2.45, 2.75) is 52.7 Å². The van der Waals surface area contributed by atoms with Gasteiger partial charge in [0, 0.05) is 11.1 Å². The molecule has 0 aliphatic carbocycles. The number of aromatic nitrogens is 2. The van der Waals surface area contributed by atoms with E-state index in [0.717, 1.165) is 11.4 Å². The standard InChI is InChI=1S/C17H25N5O2.HI/c1-11(2)23-13-8-6-12(7-9-13)20-16(18)19-10-14-21-15(24-22-14)17(3,4)5;/h6-9,11H,10H2,1-5H3,(H3,18,19,20);1H. The molecule has 0 saturated carbocycles. The van der Waals surface area contributed by atoms with Gasteiger partial charge < -0.3 is 20.3 Å². The zero-order valence-electron chi connectivity index (χ0n) is 15.2. The Morgan fingerprint density at radius 2 is 1.92 bits per heavy atom. The summed E-state index contributed by atoms with van der Waals surface area (Å²) in [5.74, 6) is 2.19. The van der Waals surface area contributed by atoms with E-state index in [2.05, 4.69) is 20.4 Å². The molecule has 1 aromatic heterocycles. The number of hydrogen-bond donors (Lipinski definition) is 2. The van der Waals surface area contributed by atoms with Gasteiger partial charge in [0.15, 0.2) is 11.8 Å². The third kappa shape index (κ3) is 6.89. The van der Waals surface area contributed by atoms with Crippen LogP contribution in [0.25, 0.3) is 0 Å². The van der Waals surface area contributed by atoms with Gasteiger partial charge in [0.2, 0.25) is 5.89 Å². The highest BCUT2D eigenvalue weighted by molar-refractivity contribution is 14.0. The van der Waals surface area contributed by atoms with Crippen LogP contribution >= 0.6 is 24.0 Å². The van der Waals surface area contributed by atoms with Crippen LogP contribution in [0.3, 0.4) is 0 Å². The maximum Gasteiger partial charge on any atom is 0.232 e. The van der Waals surface area contributed by atoms with Crippen LogP contribution in [0.15, 0.2) is 33.8 Å². The average molecular weight is 459 g/mol. The first-order chi connectivity index (χ1) is 11.2. The lowest BCUT2D eigenvalue weighted by molar-refractivity contribution is 0.242. The molecule has 0 saturated heterocycles. The number of halogens is 1. The number of ether oxygens (including phenoxy) is 1. The van der Waals surface area contributed by atoms with Gasteiger partial charge in [-0.3, -0.25) is 0 Å². The minimum atomic E-state index is -0.182. The molecular formula is C17H26IN5O2. The normalized spacial score (nSPS) is 12.0. The zero-order valence-corrected chi connectivity index (χ0v) is 17.6. The number of aliphatic imine (C=N–C) groups is 1. The molecule has 0 spiro atoms. The second-order valence-electron chi connectivity index (χ2n) is 6.78. The summed E-state index contributed by atoms with van der Waals surface area (Å²) in [4.78, 5) is 8.54. The predicted molar refractivity (Wildman–Crippen MR) is 110 cm³/mol. The molecule has 0 bridgehead atoms. The number of rotatable bonds is 5. The molecule has 0 aliphatic heterocycles. The van der Waals surface area contributed by atoms with Crippen LogP contribution in [0.5, 0.6) is 5.75 Å². The van der Waals surface area contributed by atoms with Crippen LogP contribution in [0.2, 0.25) is 0 Å². The third-order valence-electron chi connectivity index (χ3n) is 3.00. The molecule has 7 nitrogen and oxygen atoms in total. The quantitative estimate of drug-likeness (QED) is 0.402. The van der Waals surface area contributed by atoms with E-state index in [9.17, 15) is 0 Å². The van der Waals surface area contributed by atoms with Crippen molar-refractivity contribution >= 4 is 35.6 Å². The monoisotopic (exact) mass is 459 g/mol. The Kier molecular flexibility index (Phi) is 7.65. The lowest BCUT2D eigenvalue weighted by Gasteiger charge is -2.10. The number of guanidine groups is 1. The van der Waals surface area contributed by atoms with Gasteiger partial charge >= 0.3 is 0 Å². The Balaban J connectivity index is 0.00000312. The van der Waals surface area contributed by atoms with Gasteiger partial charge in [-0.05, 0) is 38.1 Å². The third-order valence-corrected chi connectivity index (χ3v) is 3.00. The average Bonchev–Trinajstić information content (AvgIpc) is 2.96. The molecule has 0 radical (unpaired) electrons. The molecule has 1 heterocycles. The van der Waals surface area contributed by atoms with Gasteiger partial charge in [0.05, 0.1) is 6.10 Å². The Bertz CT molecular complexity index is 690. The maximum atomic E-state index is 5.89. The number of nitrogens with zero attached hydrogens (tertiary/aromatic N) is 3. The second kappa shape index (κ2) is 9.02. The van der Waals surface area contributed by atoms with Crippen LogP contribution in [-0.4, -0.2) is 22.2 Å². The lowest BCUT2D eigenvalue weighted by Crippen LogP contribution is -2.22. The minimum Gasteiger partial charge on any atom is -0.491 e. The molecule has 2 aromatic rings. The summed E-state index contributed by atoms with van der Waals surface area (Å²) in [6.07, 6.45) is 0.142. The fourth-order valence-electron chi connectivity index (χ4n) is 1.86. The summed E-state index contributed by atoms with van der Waals surface area (Å²) >= 11 is 0. The fourth-order valence-corrected chi connectivity index (χ4v) is 1.86. The van der Waals surface area contributed by atoms with Crippen molar-refractivity contribution < 1.29 is 9.26 Å². The van der Waals surface area contributed by atoms with Gasteiger partial charge in [-0.2, -0.15) is 4.98 Å². The van der Waals surface area contributed by atoms with E-state index in [0.29, 0.717) is 11.7 Å². The highest BCUT2D eigenvalue weighted by atomic mass is 127. The zero-order chi connectivity index (χ0) is 17.7. The molecule has 0 atom stereocenters. The first-order valence-corrected chi connectivity index (χ1v) is 7.91. The van der Waals surface area contributed by atoms with Crippen molar-refractivity contribution in [2.75, 3.05) is 5.32 Å². The van der Waals surface area contributed by atoms with E-state index < -0.39 is 0 Å². The first kappa shape index (κ1) is 21.2. The van der Waals surface area contributed by atoms with E-state index in [1.165, 1.54) is 0 Å². The number of nitrogens with one attached hydrogen (secondary N) is 1. The van der Waals surface area contributed by atoms with Crippen LogP contribution < -0.4 is 15.8 Å². The van der Waals surface area contributed by atoms with Crippen molar-refractivity contribution in [1.82, 2.24) is 10.1 Å². The highest BCUT2D eigenvalue weighted by Crippen LogP contribution is 2.20. The summed E-state index contributed by atoms with van der Waals surface area (Å²) < 4.78 is 10.8. The summed E-state index contributed by atoms with van der Waals surface area (Å²) in [5, 5.41) is 6.92. The van der Waals surface area contributed by atoms with Crippen molar-refractivity contribution in [3.8, 4) is 5.75 Å².